The van der Waals surface area contributed by atoms with Crippen LogP contribution < -0.4 is 11.5 Å². The lowest BCUT2D eigenvalue weighted by Crippen LogP contribution is -1.84. The van der Waals surface area contributed by atoms with Crippen LogP contribution in [0.15, 0.2) is 77.2 Å². The molecule has 5 heteroatoms. The van der Waals surface area contributed by atoms with E-state index in [0.717, 1.165) is 44.0 Å². The van der Waals surface area contributed by atoms with Crippen LogP contribution in [0.5, 0.6) is 0 Å². The monoisotopic (exact) mass is 352 g/mol. The van der Waals surface area contributed by atoms with E-state index in [1.54, 1.807) is 0 Å². The van der Waals surface area contributed by atoms with Crippen molar-refractivity contribution in [3.63, 3.8) is 0 Å². The molecule has 1 aromatic heterocycles. The summed E-state index contributed by atoms with van der Waals surface area (Å²) < 4.78 is 5.93. The molecule has 0 radical (unpaired) electrons. The van der Waals surface area contributed by atoms with Gasteiger partial charge in [-0.25, -0.2) is 0 Å². The predicted molar refractivity (Wildman–Crippen MR) is 109 cm³/mol. The minimum atomic E-state index is 0.487. The highest BCUT2D eigenvalue weighted by atomic mass is 16.4. The number of nitrogen functional groups attached to an aromatic ring is 2. The number of hydrogen-bond donors (Lipinski definition) is 2. The Labute approximate surface area is 155 Å². The van der Waals surface area contributed by atoms with Crippen LogP contribution in [0.3, 0.4) is 0 Å². The van der Waals surface area contributed by atoms with E-state index in [1.165, 1.54) is 0 Å². The summed E-state index contributed by atoms with van der Waals surface area (Å²) in [5.74, 6) is 0.974. The molecule has 27 heavy (non-hydrogen) atoms. The van der Waals surface area contributed by atoms with E-state index in [0.29, 0.717) is 11.8 Å². The Morgan fingerprint density at radius 2 is 0.926 bits per heavy atom. The van der Waals surface area contributed by atoms with E-state index in [4.69, 9.17) is 15.9 Å². The second-order valence-corrected chi connectivity index (χ2v) is 6.56. The molecule has 0 aliphatic rings. The van der Waals surface area contributed by atoms with Gasteiger partial charge >= 0.3 is 0 Å². The first kappa shape index (κ1) is 15.4. The van der Waals surface area contributed by atoms with Gasteiger partial charge in [0.25, 0.3) is 0 Å². The van der Waals surface area contributed by atoms with Crippen molar-refractivity contribution < 1.29 is 4.42 Å². The fourth-order valence-corrected chi connectivity index (χ4v) is 3.25. The zero-order valence-corrected chi connectivity index (χ0v) is 14.4. The van der Waals surface area contributed by atoms with Gasteiger partial charge in [-0.1, -0.05) is 24.3 Å². The van der Waals surface area contributed by atoms with Gasteiger partial charge < -0.3 is 15.9 Å². The van der Waals surface area contributed by atoms with E-state index in [9.17, 15) is 0 Å². The zero-order chi connectivity index (χ0) is 18.4. The topological polar surface area (TPSA) is 91.0 Å². The second-order valence-electron chi connectivity index (χ2n) is 6.56. The number of nitrogens with two attached hydrogens (primary N) is 2. The summed E-state index contributed by atoms with van der Waals surface area (Å²) in [5, 5.41) is 12.7. The first-order valence-electron chi connectivity index (χ1n) is 8.58. The summed E-state index contributed by atoms with van der Waals surface area (Å²) in [6, 6.07) is 23.6. The number of aromatic nitrogens is 2. The highest BCUT2D eigenvalue weighted by molar-refractivity contribution is 5.89. The number of benzene rings is 4. The molecule has 1 heterocycles. The van der Waals surface area contributed by atoms with E-state index in [2.05, 4.69) is 10.2 Å². The van der Waals surface area contributed by atoms with Gasteiger partial charge in [0.1, 0.15) is 0 Å². The Kier molecular flexibility index (Phi) is 3.33. The molecule has 0 bridgehead atoms. The fraction of sp³-hybridized carbons (Fsp3) is 0. The van der Waals surface area contributed by atoms with Gasteiger partial charge in [0.2, 0.25) is 11.8 Å². The lowest BCUT2D eigenvalue weighted by atomic mass is 10.1. The van der Waals surface area contributed by atoms with Crippen molar-refractivity contribution in [1.29, 1.82) is 0 Å². The maximum Gasteiger partial charge on any atom is 0.248 e. The van der Waals surface area contributed by atoms with Crippen molar-refractivity contribution in [1.82, 2.24) is 10.2 Å². The van der Waals surface area contributed by atoms with Crippen LogP contribution >= 0.6 is 0 Å². The summed E-state index contributed by atoms with van der Waals surface area (Å²) in [4.78, 5) is 0. The number of anilines is 2. The van der Waals surface area contributed by atoms with Crippen LogP contribution in [0, 0.1) is 0 Å². The first-order chi connectivity index (χ1) is 13.2. The molecule has 5 rings (SSSR count). The molecule has 4 aromatic carbocycles. The van der Waals surface area contributed by atoms with Crippen molar-refractivity contribution in [2.45, 2.75) is 0 Å². The number of fused-ring (bicyclic) bond motifs is 2. The van der Waals surface area contributed by atoms with E-state index >= 15 is 0 Å². The number of hydrogen-bond acceptors (Lipinski definition) is 5. The molecule has 5 nitrogen and oxygen atoms in total. The predicted octanol–water partition coefficient (Wildman–Crippen LogP) is 4.87. The highest BCUT2D eigenvalue weighted by Crippen LogP contribution is 2.29. The molecular weight excluding hydrogens is 336 g/mol. The molecule has 130 valence electrons. The van der Waals surface area contributed by atoms with E-state index in [-0.39, 0.29) is 0 Å². The summed E-state index contributed by atoms with van der Waals surface area (Å²) >= 11 is 0. The smallest absolute Gasteiger partial charge is 0.248 e. The quantitative estimate of drug-likeness (QED) is 0.442. The molecule has 0 saturated carbocycles. The Bertz CT molecular complexity index is 1210. The third kappa shape index (κ3) is 2.75. The minimum absolute atomic E-state index is 0.487. The SMILES string of the molecule is Nc1ccc2cc(-c3nnc(-c4ccc5cc(N)ccc5c4)o3)ccc2c1. The fourth-order valence-electron chi connectivity index (χ4n) is 3.25. The Hall–Kier alpha value is -3.86. The van der Waals surface area contributed by atoms with E-state index < -0.39 is 0 Å². The van der Waals surface area contributed by atoms with Crippen LogP contribution in [0.2, 0.25) is 0 Å². The Morgan fingerprint density at radius 3 is 1.41 bits per heavy atom. The summed E-state index contributed by atoms with van der Waals surface area (Å²) in [6.07, 6.45) is 0. The minimum Gasteiger partial charge on any atom is -0.416 e. The Morgan fingerprint density at radius 1 is 0.519 bits per heavy atom. The highest BCUT2D eigenvalue weighted by Gasteiger charge is 2.11. The van der Waals surface area contributed by atoms with Gasteiger partial charge in [-0.15, -0.1) is 10.2 Å². The summed E-state index contributed by atoms with van der Waals surface area (Å²) in [5.41, 5.74) is 14.9. The van der Waals surface area contributed by atoms with Crippen molar-refractivity contribution >= 4 is 32.9 Å². The van der Waals surface area contributed by atoms with Crippen LogP contribution in [-0.2, 0) is 0 Å². The van der Waals surface area contributed by atoms with Crippen molar-refractivity contribution in [3.05, 3.63) is 72.8 Å². The molecule has 0 fully saturated rings. The molecule has 0 aliphatic carbocycles. The summed E-state index contributed by atoms with van der Waals surface area (Å²) in [6.45, 7) is 0. The molecule has 5 aromatic rings. The summed E-state index contributed by atoms with van der Waals surface area (Å²) in [7, 11) is 0. The van der Waals surface area contributed by atoms with Crippen LogP contribution in [0.4, 0.5) is 11.4 Å². The molecule has 0 atom stereocenters. The maximum atomic E-state index is 5.93. The van der Waals surface area contributed by atoms with Gasteiger partial charge in [-0.2, -0.15) is 0 Å². The normalized spacial score (nSPS) is 11.3. The van der Waals surface area contributed by atoms with Gasteiger partial charge in [-0.05, 0) is 70.1 Å². The number of nitrogens with zero attached hydrogens (tertiary/aromatic N) is 2. The molecule has 0 amide bonds. The van der Waals surface area contributed by atoms with Crippen molar-refractivity contribution in [2.24, 2.45) is 0 Å². The lowest BCUT2D eigenvalue weighted by molar-refractivity contribution is 0.585. The molecule has 4 N–H and O–H groups in total. The molecule has 0 unspecified atom stereocenters. The average Bonchev–Trinajstić information content (AvgIpc) is 3.17. The third-order valence-corrected chi connectivity index (χ3v) is 4.65. The van der Waals surface area contributed by atoms with Gasteiger partial charge in [0, 0.05) is 22.5 Å². The zero-order valence-electron chi connectivity index (χ0n) is 14.4. The Balaban J connectivity index is 1.54. The molecule has 0 spiro atoms. The second kappa shape index (κ2) is 5.85. The van der Waals surface area contributed by atoms with Gasteiger partial charge in [0.15, 0.2) is 0 Å². The van der Waals surface area contributed by atoms with Crippen LogP contribution in [-0.4, -0.2) is 10.2 Å². The van der Waals surface area contributed by atoms with Crippen LogP contribution in [0.25, 0.3) is 44.5 Å². The van der Waals surface area contributed by atoms with E-state index in [1.807, 2.05) is 72.8 Å². The van der Waals surface area contributed by atoms with Crippen LogP contribution in [0.1, 0.15) is 0 Å². The largest absolute Gasteiger partial charge is 0.416 e. The van der Waals surface area contributed by atoms with Gasteiger partial charge in [-0.3, -0.25) is 0 Å². The molecule has 0 aliphatic heterocycles. The third-order valence-electron chi connectivity index (χ3n) is 4.65. The molecule has 0 saturated heterocycles. The number of rotatable bonds is 2. The average molecular weight is 352 g/mol. The maximum absolute atomic E-state index is 5.93. The standard InChI is InChI=1S/C22H16N4O/c23-19-7-5-13-9-17(3-1-15(13)11-19)21-25-26-22(27-21)18-4-2-16-12-20(24)8-6-14(16)10-18/h1-12H,23-24H2. The van der Waals surface area contributed by atoms with Crippen molar-refractivity contribution in [3.8, 4) is 22.9 Å². The lowest BCUT2D eigenvalue weighted by Gasteiger charge is -2.02. The van der Waals surface area contributed by atoms with Gasteiger partial charge in [0.05, 0.1) is 0 Å². The van der Waals surface area contributed by atoms with Crippen molar-refractivity contribution in [2.75, 3.05) is 11.5 Å². The first-order valence-corrected chi connectivity index (χ1v) is 8.58. The molecular formula is C22H16N4O.